The van der Waals surface area contributed by atoms with Gasteiger partial charge in [0.25, 0.3) is 11.8 Å². The number of benzene rings is 4. The first kappa shape index (κ1) is 21.1. The van der Waals surface area contributed by atoms with Gasteiger partial charge in [-0.25, -0.2) is 0 Å². The van der Waals surface area contributed by atoms with Crippen LogP contribution in [0.3, 0.4) is 0 Å². The average molecular weight is 457 g/mol. The predicted octanol–water partition coefficient (Wildman–Crippen LogP) is 5.20. The normalized spacial score (nSPS) is 14.0. The van der Waals surface area contributed by atoms with Crippen molar-refractivity contribution in [2.45, 2.75) is 20.8 Å². The Morgan fingerprint density at radius 3 is 1.63 bits per heavy atom. The summed E-state index contributed by atoms with van der Waals surface area (Å²) in [7, 11) is 0. The lowest BCUT2D eigenvalue weighted by atomic mass is 9.97. The van der Waals surface area contributed by atoms with Crippen molar-refractivity contribution in [1.29, 1.82) is 0 Å². The smallest absolute Gasteiger partial charge is 0.256 e. The van der Waals surface area contributed by atoms with Crippen LogP contribution < -0.4 is 20.2 Å². The van der Waals surface area contributed by atoms with Gasteiger partial charge in [0.1, 0.15) is 0 Å². The minimum atomic E-state index is -0.0888. The Hall–Kier alpha value is -4.44. The van der Waals surface area contributed by atoms with E-state index in [-0.39, 0.29) is 11.8 Å². The fourth-order valence-electron chi connectivity index (χ4n) is 4.91. The highest BCUT2D eigenvalue weighted by atomic mass is 16.2. The molecule has 0 aliphatic carbocycles. The molecule has 0 aromatic heterocycles. The van der Waals surface area contributed by atoms with Gasteiger partial charge in [0.2, 0.25) is 0 Å². The molecule has 2 aliphatic rings. The largest absolute Gasteiger partial charge is 0.277 e. The van der Waals surface area contributed by atoms with Gasteiger partial charge in [-0.05, 0) is 56.7 Å². The number of amides is 2. The van der Waals surface area contributed by atoms with Crippen molar-refractivity contribution < 1.29 is 9.59 Å². The Morgan fingerprint density at radius 2 is 1.06 bits per heavy atom. The monoisotopic (exact) mass is 456 g/mol. The molecule has 35 heavy (non-hydrogen) atoms. The summed E-state index contributed by atoms with van der Waals surface area (Å²) in [6, 6.07) is 26.1. The lowest BCUT2D eigenvalue weighted by Crippen LogP contribution is -2.26. The molecule has 0 saturated carbocycles. The van der Waals surface area contributed by atoms with Crippen molar-refractivity contribution in [3.63, 3.8) is 0 Å². The van der Waals surface area contributed by atoms with Gasteiger partial charge >= 0.3 is 0 Å². The maximum Gasteiger partial charge on any atom is 0.256 e. The molecule has 0 unspecified atom stereocenters. The van der Waals surface area contributed by atoms with Gasteiger partial charge in [-0.3, -0.25) is 19.4 Å². The van der Waals surface area contributed by atoms with Crippen molar-refractivity contribution in [2.24, 2.45) is 0 Å². The van der Waals surface area contributed by atoms with Gasteiger partial charge in [0.15, 0.2) is 0 Å². The van der Waals surface area contributed by atoms with Gasteiger partial charge in [-0.2, -0.15) is 0 Å². The number of nitrogens with zero attached hydrogens (tertiary/aromatic N) is 2. The zero-order valence-corrected chi connectivity index (χ0v) is 19.9. The van der Waals surface area contributed by atoms with E-state index in [1.54, 1.807) is 22.0 Å². The molecule has 0 spiro atoms. The highest BCUT2D eigenvalue weighted by Gasteiger charge is 2.32. The Morgan fingerprint density at radius 1 is 0.571 bits per heavy atom. The predicted molar refractivity (Wildman–Crippen MR) is 141 cm³/mol. The summed E-state index contributed by atoms with van der Waals surface area (Å²) in [5, 5.41) is 1.64. The van der Waals surface area contributed by atoms with Crippen LogP contribution in [0.5, 0.6) is 0 Å². The molecule has 170 valence electrons. The number of aryl methyl sites for hydroxylation is 3. The van der Waals surface area contributed by atoms with Crippen molar-refractivity contribution >= 4 is 46.7 Å². The highest BCUT2D eigenvalue weighted by molar-refractivity contribution is 6.27. The van der Waals surface area contributed by atoms with E-state index in [4.69, 9.17) is 0 Å². The summed E-state index contributed by atoms with van der Waals surface area (Å²) in [4.78, 5) is 30.1. The number of hydrogen-bond acceptors (Lipinski definition) is 2. The molecule has 0 radical (unpaired) electrons. The molecule has 4 nitrogen and oxygen atoms in total. The molecule has 0 bridgehead atoms. The minimum absolute atomic E-state index is 0.0888. The maximum atomic E-state index is 13.3. The molecular formula is C31H24N2O2. The number of rotatable bonds is 3. The molecule has 2 heterocycles. The van der Waals surface area contributed by atoms with Crippen LogP contribution in [0.1, 0.15) is 16.7 Å². The van der Waals surface area contributed by atoms with E-state index >= 15 is 0 Å². The standard InChI is InChI=1S/C31H24N2O2/c1-19-4-10-22(11-5-19)30-26-18-29(35)32(24-12-6-20(2)7-13-24)27(26)16-23-17-28(34)33(31(23)30)25-14-8-21(3)9-15-25/h4-18H,1-3H3. The van der Waals surface area contributed by atoms with Crippen LogP contribution in [0.25, 0.3) is 23.3 Å². The molecule has 4 aromatic carbocycles. The van der Waals surface area contributed by atoms with E-state index in [2.05, 4.69) is 24.3 Å². The van der Waals surface area contributed by atoms with Gasteiger partial charge in [-0.1, -0.05) is 65.2 Å². The van der Waals surface area contributed by atoms with Crippen molar-refractivity contribution in [2.75, 3.05) is 9.80 Å². The van der Waals surface area contributed by atoms with Crippen molar-refractivity contribution in [3.05, 3.63) is 106 Å². The van der Waals surface area contributed by atoms with Gasteiger partial charge in [0, 0.05) is 39.5 Å². The molecule has 4 heteroatoms. The van der Waals surface area contributed by atoms with E-state index in [0.29, 0.717) is 0 Å². The Bertz CT molecular complexity index is 1630. The Labute approximate surface area is 204 Å². The van der Waals surface area contributed by atoms with Crippen molar-refractivity contribution in [1.82, 2.24) is 0 Å². The Balaban J connectivity index is 1.65. The number of hydrogen-bond donors (Lipinski definition) is 0. The second-order valence-electron chi connectivity index (χ2n) is 9.30. The zero-order valence-electron chi connectivity index (χ0n) is 19.9. The van der Waals surface area contributed by atoms with Gasteiger partial charge in [0.05, 0.1) is 11.4 Å². The first-order valence-electron chi connectivity index (χ1n) is 11.7. The fraction of sp³-hybridized carbons (Fsp3) is 0.0968. The van der Waals surface area contributed by atoms with Gasteiger partial charge < -0.3 is 0 Å². The van der Waals surface area contributed by atoms with E-state index in [0.717, 1.165) is 61.0 Å². The van der Waals surface area contributed by atoms with E-state index < -0.39 is 0 Å². The number of fused-ring (bicyclic) bond motifs is 2. The maximum absolute atomic E-state index is 13.3. The van der Waals surface area contributed by atoms with Crippen LogP contribution in [-0.4, -0.2) is 11.8 Å². The quantitative estimate of drug-likeness (QED) is 0.425. The van der Waals surface area contributed by atoms with Crippen LogP contribution >= 0.6 is 0 Å². The van der Waals surface area contributed by atoms with Crippen LogP contribution in [0.15, 0.2) is 78.9 Å². The van der Waals surface area contributed by atoms with Crippen LogP contribution in [0.2, 0.25) is 0 Å². The average Bonchev–Trinajstić information content (AvgIpc) is 3.34. The van der Waals surface area contributed by atoms with Crippen LogP contribution in [-0.2, 0) is 9.59 Å². The summed E-state index contributed by atoms with van der Waals surface area (Å²) >= 11 is 0. The third-order valence-corrected chi connectivity index (χ3v) is 6.72. The SMILES string of the molecule is Cc1ccc(-c2c3c(cc4c2=CC(=O)N4c2ccc(C)cc2)=CC(=O)N3c2ccc(C)cc2)cc1. The highest BCUT2D eigenvalue weighted by Crippen LogP contribution is 2.37. The minimum Gasteiger partial charge on any atom is -0.277 e. The molecule has 0 saturated heterocycles. The zero-order chi connectivity index (χ0) is 24.3. The van der Waals surface area contributed by atoms with Crippen LogP contribution in [0.4, 0.5) is 22.7 Å². The number of anilines is 4. The molecule has 6 rings (SSSR count). The molecule has 2 aliphatic heterocycles. The van der Waals surface area contributed by atoms with Crippen molar-refractivity contribution in [3.8, 4) is 11.1 Å². The van der Waals surface area contributed by atoms with E-state index in [9.17, 15) is 9.59 Å². The molecule has 0 fully saturated rings. The third kappa shape index (κ3) is 3.38. The molecular weight excluding hydrogens is 432 g/mol. The molecule has 4 aromatic rings. The summed E-state index contributed by atoms with van der Waals surface area (Å²) < 4.78 is 0. The summed E-state index contributed by atoms with van der Waals surface area (Å²) in [5.41, 5.74) is 8.50. The third-order valence-electron chi connectivity index (χ3n) is 6.72. The summed E-state index contributed by atoms with van der Waals surface area (Å²) in [5.74, 6) is -0.178. The van der Waals surface area contributed by atoms with E-state index in [1.807, 2.05) is 75.4 Å². The molecule has 0 atom stereocenters. The number of carbonyl (C=O) groups is 2. The van der Waals surface area contributed by atoms with E-state index in [1.165, 1.54) is 0 Å². The topological polar surface area (TPSA) is 40.6 Å². The molecule has 0 N–H and O–H groups in total. The lowest BCUT2D eigenvalue weighted by Gasteiger charge is -2.24. The second-order valence-corrected chi connectivity index (χ2v) is 9.30. The number of carbonyl (C=O) groups excluding carboxylic acids is 2. The second kappa shape index (κ2) is 7.81. The fourth-order valence-corrected chi connectivity index (χ4v) is 4.91. The molecule has 2 amide bonds. The Kier molecular flexibility index (Phi) is 4.71. The lowest BCUT2D eigenvalue weighted by molar-refractivity contribution is -0.112. The van der Waals surface area contributed by atoms with Gasteiger partial charge in [-0.15, -0.1) is 0 Å². The van der Waals surface area contributed by atoms with Crippen LogP contribution in [0, 0.1) is 20.8 Å². The first-order valence-corrected chi connectivity index (χ1v) is 11.7. The summed E-state index contributed by atoms with van der Waals surface area (Å²) in [6.45, 7) is 6.10. The summed E-state index contributed by atoms with van der Waals surface area (Å²) in [6.07, 6.45) is 3.37. The first-order chi connectivity index (χ1) is 16.9.